The maximum Gasteiger partial charge on any atom is 0.573 e. The standard InChI is InChI=1S/C20H26F3N7O/c21-20(22,23)31-17-5-3-16(4-6-17)15-28-18(24)25-9-2-10-29-11-13-30(14-12-29)19-26-7-1-8-27-19/h1,3-8H,2,9-15H2,(H3,24,25,28). The highest BCUT2D eigenvalue weighted by Gasteiger charge is 2.30. The zero-order valence-electron chi connectivity index (χ0n) is 17.1. The molecule has 168 valence electrons. The number of halogens is 3. The van der Waals surface area contributed by atoms with Gasteiger partial charge in [0.25, 0.3) is 0 Å². The van der Waals surface area contributed by atoms with E-state index in [-0.39, 0.29) is 12.3 Å². The molecule has 2 heterocycles. The first-order valence-corrected chi connectivity index (χ1v) is 10.0. The van der Waals surface area contributed by atoms with Crippen LogP contribution in [0.1, 0.15) is 12.0 Å². The van der Waals surface area contributed by atoms with E-state index in [2.05, 4.69) is 34.8 Å². The number of alkyl halides is 3. The molecule has 1 fully saturated rings. The number of ether oxygens (including phenoxy) is 1. The third-order valence-electron chi connectivity index (χ3n) is 4.75. The highest BCUT2D eigenvalue weighted by molar-refractivity contribution is 5.77. The fraction of sp³-hybridized carbons (Fsp3) is 0.450. The van der Waals surface area contributed by atoms with Crippen molar-refractivity contribution < 1.29 is 17.9 Å². The van der Waals surface area contributed by atoms with Crippen LogP contribution in [0.4, 0.5) is 19.1 Å². The number of anilines is 1. The fourth-order valence-electron chi connectivity index (χ4n) is 3.17. The number of rotatable bonds is 8. The van der Waals surface area contributed by atoms with E-state index in [1.54, 1.807) is 12.4 Å². The van der Waals surface area contributed by atoms with Crippen molar-refractivity contribution in [3.05, 3.63) is 48.3 Å². The third-order valence-corrected chi connectivity index (χ3v) is 4.75. The lowest BCUT2D eigenvalue weighted by atomic mass is 10.2. The molecule has 2 aromatic rings. The molecular weight excluding hydrogens is 411 g/mol. The van der Waals surface area contributed by atoms with E-state index in [9.17, 15) is 13.2 Å². The molecule has 0 radical (unpaired) electrons. The average Bonchev–Trinajstić information content (AvgIpc) is 2.76. The lowest BCUT2D eigenvalue weighted by molar-refractivity contribution is -0.274. The number of aromatic nitrogens is 2. The van der Waals surface area contributed by atoms with Crippen LogP contribution < -0.4 is 20.7 Å². The van der Waals surface area contributed by atoms with Gasteiger partial charge in [-0.1, -0.05) is 12.1 Å². The molecule has 11 heteroatoms. The van der Waals surface area contributed by atoms with E-state index in [1.165, 1.54) is 24.3 Å². The summed E-state index contributed by atoms with van der Waals surface area (Å²) >= 11 is 0. The quantitative estimate of drug-likeness (QED) is 0.371. The summed E-state index contributed by atoms with van der Waals surface area (Å²) in [5.74, 6) is 0.820. The van der Waals surface area contributed by atoms with Gasteiger partial charge >= 0.3 is 6.36 Å². The van der Waals surface area contributed by atoms with Crippen LogP contribution in [0, 0.1) is 0 Å². The summed E-state index contributed by atoms with van der Waals surface area (Å²) in [6, 6.07) is 7.37. The van der Waals surface area contributed by atoms with Gasteiger partial charge < -0.3 is 20.7 Å². The third kappa shape index (κ3) is 7.93. The van der Waals surface area contributed by atoms with Crippen molar-refractivity contribution in [1.82, 2.24) is 20.2 Å². The van der Waals surface area contributed by atoms with Crippen molar-refractivity contribution in [3.8, 4) is 5.75 Å². The number of hydrogen-bond donors (Lipinski definition) is 2. The maximum atomic E-state index is 12.2. The fourth-order valence-corrected chi connectivity index (χ4v) is 3.17. The molecule has 31 heavy (non-hydrogen) atoms. The monoisotopic (exact) mass is 437 g/mol. The molecule has 0 unspecified atom stereocenters. The van der Waals surface area contributed by atoms with Gasteiger partial charge in [0.05, 0.1) is 6.54 Å². The smallest absolute Gasteiger partial charge is 0.406 e. The minimum atomic E-state index is -4.70. The molecule has 8 nitrogen and oxygen atoms in total. The molecule has 0 aliphatic carbocycles. The first-order chi connectivity index (χ1) is 14.9. The number of hydrogen-bond acceptors (Lipinski definition) is 6. The van der Waals surface area contributed by atoms with Crippen LogP contribution in [-0.4, -0.2) is 66.5 Å². The Balaban J connectivity index is 1.30. The average molecular weight is 437 g/mol. The molecule has 1 aromatic carbocycles. The summed E-state index contributed by atoms with van der Waals surface area (Å²) in [5, 5.41) is 3.07. The second kappa shape index (κ2) is 10.8. The zero-order chi connectivity index (χ0) is 22.1. The number of guanidine groups is 1. The Hall–Kier alpha value is -3.08. The minimum absolute atomic E-state index is 0.261. The van der Waals surface area contributed by atoms with Gasteiger partial charge in [-0.05, 0) is 36.7 Å². The Labute approximate surface area is 178 Å². The highest BCUT2D eigenvalue weighted by atomic mass is 19.4. The van der Waals surface area contributed by atoms with Crippen molar-refractivity contribution in [2.45, 2.75) is 19.3 Å². The molecule has 1 saturated heterocycles. The lowest BCUT2D eigenvalue weighted by Crippen LogP contribution is -2.47. The summed E-state index contributed by atoms with van der Waals surface area (Å²) in [6.07, 6.45) is -0.271. The van der Waals surface area contributed by atoms with Crippen LogP contribution in [-0.2, 0) is 6.54 Å². The zero-order valence-corrected chi connectivity index (χ0v) is 17.1. The number of piperazine rings is 1. The molecule has 0 amide bonds. The Morgan fingerprint density at radius 1 is 1.10 bits per heavy atom. The van der Waals surface area contributed by atoms with Gasteiger partial charge in [0.2, 0.25) is 5.95 Å². The Bertz CT molecular complexity index is 823. The van der Waals surface area contributed by atoms with E-state index < -0.39 is 6.36 Å². The van der Waals surface area contributed by atoms with Crippen molar-refractivity contribution in [1.29, 1.82) is 0 Å². The van der Waals surface area contributed by atoms with Crippen LogP contribution >= 0.6 is 0 Å². The second-order valence-corrected chi connectivity index (χ2v) is 7.05. The van der Waals surface area contributed by atoms with E-state index in [0.717, 1.165) is 50.7 Å². The van der Waals surface area contributed by atoms with Crippen molar-refractivity contribution >= 4 is 11.9 Å². The highest BCUT2D eigenvalue weighted by Crippen LogP contribution is 2.22. The first-order valence-electron chi connectivity index (χ1n) is 10.0. The number of aliphatic imine (C=N–C) groups is 1. The van der Waals surface area contributed by atoms with E-state index >= 15 is 0 Å². The SMILES string of the molecule is NC(=NCc1ccc(OC(F)(F)F)cc1)NCCCN1CCN(c2ncccn2)CC1. The van der Waals surface area contributed by atoms with Crippen LogP contribution in [0.3, 0.4) is 0 Å². The molecular formula is C20H26F3N7O. The summed E-state index contributed by atoms with van der Waals surface area (Å²) in [7, 11) is 0. The van der Waals surface area contributed by atoms with Crippen molar-refractivity contribution in [2.75, 3.05) is 44.2 Å². The molecule has 1 aromatic heterocycles. The van der Waals surface area contributed by atoms with E-state index in [4.69, 9.17) is 5.73 Å². The van der Waals surface area contributed by atoms with Gasteiger partial charge in [0.1, 0.15) is 5.75 Å². The number of benzene rings is 1. The maximum absolute atomic E-state index is 12.2. The van der Waals surface area contributed by atoms with Gasteiger partial charge in [-0.25, -0.2) is 15.0 Å². The Morgan fingerprint density at radius 3 is 2.42 bits per heavy atom. The lowest BCUT2D eigenvalue weighted by Gasteiger charge is -2.34. The molecule has 0 saturated carbocycles. The normalized spacial score (nSPS) is 15.7. The van der Waals surface area contributed by atoms with Gasteiger partial charge in [-0.2, -0.15) is 0 Å². The van der Waals surface area contributed by atoms with E-state index in [1.807, 2.05) is 6.07 Å². The topological polar surface area (TPSA) is 91.9 Å². The number of nitrogens with one attached hydrogen (secondary N) is 1. The van der Waals surface area contributed by atoms with Gasteiger partial charge in [0, 0.05) is 45.1 Å². The van der Waals surface area contributed by atoms with Crippen LogP contribution in [0.15, 0.2) is 47.7 Å². The molecule has 0 bridgehead atoms. The van der Waals surface area contributed by atoms with Crippen molar-refractivity contribution in [2.24, 2.45) is 10.7 Å². The number of nitrogens with zero attached hydrogens (tertiary/aromatic N) is 5. The van der Waals surface area contributed by atoms with Gasteiger partial charge in [-0.3, -0.25) is 4.90 Å². The second-order valence-electron chi connectivity index (χ2n) is 7.05. The number of nitrogens with two attached hydrogens (primary N) is 1. The Kier molecular flexibility index (Phi) is 7.88. The summed E-state index contributed by atoms with van der Waals surface area (Å²) < 4.78 is 40.4. The molecule has 1 aliphatic rings. The minimum Gasteiger partial charge on any atom is -0.406 e. The predicted octanol–water partition coefficient (Wildman–Crippen LogP) is 1.99. The molecule has 0 spiro atoms. The summed E-state index contributed by atoms with van der Waals surface area (Å²) in [4.78, 5) is 17.4. The summed E-state index contributed by atoms with van der Waals surface area (Å²) in [6.45, 7) is 5.61. The van der Waals surface area contributed by atoms with Gasteiger partial charge in [0.15, 0.2) is 5.96 Å². The first kappa shape index (κ1) is 22.6. The van der Waals surface area contributed by atoms with E-state index in [0.29, 0.717) is 12.5 Å². The molecule has 3 N–H and O–H groups in total. The largest absolute Gasteiger partial charge is 0.573 e. The summed E-state index contributed by atoms with van der Waals surface area (Å²) in [5.41, 5.74) is 6.60. The molecule has 3 rings (SSSR count). The predicted molar refractivity (Wildman–Crippen MR) is 112 cm³/mol. The van der Waals surface area contributed by atoms with Crippen LogP contribution in [0.2, 0.25) is 0 Å². The molecule has 0 atom stereocenters. The van der Waals surface area contributed by atoms with Crippen molar-refractivity contribution in [3.63, 3.8) is 0 Å². The van der Waals surface area contributed by atoms with Gasteiger partial charge in [-0.15, -0.1) is 13.2 Å². The Morgan fingerprint density at radius 2 is 1.77 bits per heavy atom. The van der Waals surface area contributed by atoms with Crippen LogP contribution in [0.5, 0.6) is 5.75 Å². The van der Waals surface area contributed by atoms with Crippen LogP contribution in [0.25, 0.3) is 0 Å². The molecule has 1 aliphatic heterocycles.